The average Bonchev–Trinajstić information content (AvgIpc) is 3.06. The SMILES string of the molecule is Cc1nc(C)c(-c2ccc(=O)n(CCNC(=O)CCC(=O)c3ccccc3)n2)s1. The predicted molar refractivity (Wildman–Crippen MR) is 112 cm³/mol. The molecule has 3 rings (SSSR count). The Hall–Kier alpha value is -3.13. The number of nitrogens with zero attached hydrogens (tertiary/aromatic N) is 3. The zero-order valence-electron chi connectivity index (χ0n) is 16.3. The van der Waals surface area contributed by atoms with Crippen LogP contribution in [-0.4, -0.2) is 33.0 Å². The van der Waals surface area contributed by atoms with Crippen molar-refractivity contribution in [1.82, 2.24) is 20.1 Å². The number of ketones is 1. The average molecular weight is 410 g/mol. The molecule has 0 radical (unpaired) electrons. The number of carbonyl (C=O) groups is 2. The quantitative estimate of drug-likeness (QED) is 0.576. The minimum Gasteiger partial charge on any atom is -0.354 e. The molecule has 0 aliphatic heterocycles. The van der Waals surface area contributed by atoms with E-state index in [1.165, 1.54) is 22.1 Å². The third kappa shape index (κ3) is 5.45. The number of rotatable bonds is 8. The molecule has 2 aromatic heterocycles. The van der Waals surface area contributed by atoms with E-state index >= 15 is 0 Å². The molecule has 0 unspecified atom stereocenters. The van der Waals surface area contributed by atoms with Crippen molar-refractivity contribution in [3.05, 3.63) is 69.1 Å². The van der Waals surface area contributed by atoms with Crippen LogP contribution in [0.5, 0.6) is 0 Å². The van der Waals surface area contributed by atoms with Gasteiger partial charge in [0.25, 0.3) is 5.56 Å². The number of aryl methyl sites for hydroxylation is 2. The fourth-order valence-electron chi connectivity index (χ4n) is 2.88. The van der Waals surface area contributed by atoms with E-state index in [-0.39, 0.29) is 43.2 Å². The van der Waals surface area contributed by atoms with Crippen molar-refractivity contribution in [2.24, 2.45) is 0 Å². The molecular weight excluding hydrogens is 388 g/mol. The summed E-state index contributed by atoms with van der Waals surface area (Å²) in [5.41, 5.74) is 1.93. The Morgan fingerprint density at radius 1 is 1.07 bits per heavy atom. The Kier molecular flexibility index (Phi) is 6.66. The summed E-state index contributed by atoms with van der Waals surface area (Å²) in [4.78, 5) is 41.5. The van der Waals surface area contributed by atoms with E-state index in [0.29, 0.717) is 11.3 Å². The second-order valence-corrected chi connectivity index (χ2v) is 7.77. The van der Waals surface area contributed by atoms with E-state index in [2.05, 4.69) is 15.4 Å². The van der Waals surface area contributed by atoms with Crippen molar-refractivity contribution < 1.29 is 9.59 Å². The van der Waals surface area contributed by atoms with E-state index in [4.69, 9.17) is 0 Å². The lowest BCUT2D eigenvalue weighted by molar-refractivity contribution is -0.121. The fourth-order valence-corrected chi connectivity index (χ4v) is 3.77. The van der Waals surface area contributed by atoms with Gasteiger partial charge in [-0.3, -0.25) is 14.4 Å². The Bertz CT molecular complexity index is 1070. The van der Waals surface area contributed by atoms with E-state index in [0.717, 1.165) is 15.6 Å². The summed E-state index contributed by atoms with van der Waals surface area (Å²) >= 11 is 1.53. The normalized spacial score (nSPS) is 10.7. The lowest BCUT2D eigenvalue weighted by Gasteiger charge is -2.08. The molecule has 0 bridgehead atoms. The molecule has 0 spiro atoms. The topological polar surface area (TPSA) is 94.0 Å². The molecule has 150 valence electrons. The molecule has 8 heteroatoms. The standard InChI is InChI=1S/C21H22N4O3S/c1-14-21(29-15(2)23-14)17-8-11-20(28)25(24-17)13-12-22-19(27)10-9-18(26)16-6-4-3-5-7-16/h3-8,11H,9-10,12-13H2,1-2H3,(H,22,27). The lowest BCUT2D eigenvalue weighted by atomic mass is 10.1. The summed E-state index contributed by atoms with van der Waals surface area (Å²) in [5, 5.41) is 8.08. The minimum atomic E-state index is -0.235. The Morgan fingerprint density at radius 2 is 1.83 bits per heavy atom. The van der Waals surface area contributed by atoms with Crippen molar-refractivity contribution >= 4 is 23.0 Å². The Labute approximate surface area is 172 Å². The second-order valence-electron chi connectivity index (χ2n) is 6.57. The van der Waals surface area contributed by atoms with Gasteiger partial charge in [-0.1, -0.05) is 30.3 Å². The number of aromatic nitrogens is 3. The summed E-state index contributed by atoms with van der Waals surface area (Å²) in [6.07, 6.45) is 0.253. The molecule has 1 aromatic carbocycles. The van der Waals surface area contributed by atoms with Gasteiger partial charge in [-0.25, -0.2) is 9.67 Å². The Balaban J connectivity index is 1.53. The van der Waals surface area contributed by atoms with Crippen molar-refractivity contribution in [2.45, 2.75) is 33.2 Å². The van der Waals surface area contributed by atoms with Crippen LogP contribution in [0.2, 0.25) is 0 Å². The Morgan fingerprint density at radius 3 is 2.52 bits per heavy atom. The van der Waals surface area contributed by atoms with Crippen molar-refractivity contribution in [3.8, 4) is 10.6 Å². The van der Waals surface area contributed by atoms with Crippen LogP contribution in [0.25, 0.3) is 10.6 Å². The van der Waals surface area contributed by atoms with E-state index in [9.17, 15) is 14.4 Å². The van der Waals surface area contributed by atoms with Crippen LogP contribution in [0.15, 0.2) is 47.3 Å². The molecule has 0 fully saturated rings. The molecule has 2 heterocycles. The number of amides is 1. The lowest BCUT2D eigenvalue weighted by Crippen LogP contribution is -2.32. The molecule has 0 saturated heterocycles. The van der Waals surface area contributed by atoms with Crippen LogP contribution in [0.4, 0.5) is 0 Å². The van der Waals surface area contributed by atoms with E-state index in [1.54, 1.807) is 30.3 Å². The van der Waals surface area contributed by atoms with Gasteiger partial charge in [-0.15, -0.1) is 11.3 Å². The monoisotopic (exact) mass is 410 g/mol. The number of thiazole rings is 1. The van der Waals surface area contributed by atoms with Crippen LogP contribution in [0.3, 0.4) is 0 Å². The summed E-state index contributed by atoms with van der Waals surface area (Å²) in [5.74, 6) is -0.297. The number of carbonyl (C=O) groups excluding carboxylic acids is 2. The van der Waals surface area contributed by atoms with Crippen LogP contribution in [0.1, 0.15) is 33.9 Å². The van der Waals surface area contributed by atoms with Crippen LogP contribution in [-0.2, 0) is 11.3 Å². The summed E-state index contributed by atoms with van der Waals surface area (Å²) in [6.45, 7) is 4.35. The van der Waals surface area contributed by atoms with Gasteiger partial charge in [0.1, 0.15) is 5.69 Å². The molecule has 1 amide bonds. The zero-order valence-corrected chi connectivity index (χ0v) is 17.2. The maximum absolute atomic E-state index is 12.1. The second kappa shape index (κ2) is 9.38. The first-order chi connectivity index (χ1) is 13.9. The molecule has 0 saturated carbocycles. The first kappa shape index (κ1) is 20.6. The van der Waals surface area contributed by atoms with E-state index < -0.39 is 0 Å². The highest BCUT2D eigenvalue weighted by molar-refractivity contribution is 7.15. The number of hydrogen-bond donors (Lipinski definition) is 1. The van der Waals surface area contributed by atoms with E-state index in [1.807, 2.05) is 19.9 Å². The highest BCUT2D eigenvalue weighted by Gasteiger charge is 2.12. The number of Topliss-reactive ketones (excluding diaryl/α,β-unsaturated/α-hetero) is 1. The van der Waals surface area contributed by atoms with Gasteiger partial charge in [0, 0.05) is 31.0 Å². The van der Waals surface area contributed by atoms with Crippen molar-refractivity contribution in [1.29, 1.82) is 0 Å². The van der Waals surface area contributed by atoms with Gasteiger partial charge in [-0.05, 0) is 19.9 Å². The third-order valence-corrected chi connectivity index (χ3v) is 5.42. The van der Waals surface area contributed by atoms with Gasteiger partial charge in [-0.2, -0.15) is 5.10 Å². The fraction of sp³-hybridized carbons (Fsp3) is 0.286. The van der Waals surface area contributed by atoms with Crippen LogP contribution < -0.4 is 10.9 Å². The van der Waals surface area contributed by atoms with Crippen LogP contribution in [0, 0.1) is 13.8 Å². The largest absolute Gasteiger partial charge is 0.354 e. The molecule has 1 N–H and O–H groups in total. The van der Waals surface area contributed by atoms with Gasteiger partial charge >= 0.3 is 0 Å². The molecular formula is C21H22N4O3S. The third-order valence-electron chi connectivity index (χ3n) is 4.32. The first-order valence-corrected chi connectivity index (χ1v) is 10.1. The first-order valence-electron chi connectivity index (χ1n) is 9.31. The highest BCUT2D eigenvalue weighted by Crippen LogP contribution is 2.27. The maximum Gasteiger partial charge on any atom is 0.266 e. The smallest absolute Gasteiger partial charge is 0.266 e. The summed E-state index contributed by atoms with van der Waals surface area (Å²) in [6, 6.07) is 12.0. The molecule has 29 heavy (non-hydrogen) atoms. The molecule has 0 aliphatic carbocycles. The molecule has 3 aromatic rings. The maximum atomic E-state index is 12.1. The molecule has 0 aliphatic rings. The van der Waals surface area contributed by atoms with Gasteiger partial charge in [0.15, 0.2) is 5.78 Å². The van der Waals surface area contributed by atoms with Gasteiger partial charge in [0.2, 0.25) is 5.91 Å². The highest BCUT2D eigenvalue weighted by atomic mass is 32.1. The number of hydrogen-bond acceptors (Lipinski definition) is 6. The molecule has 7 nitrogen and oxygen atoms in total. The van der Waals surface area contributed by atoms with Gasteiger partial charge < -0.3 is 5.32 Å². The zero-order chi connectivity index (χ0) is 20.8. The van der Waals surface area contributed by atoms with Gasteiger partial charge in [0.05, 0.1) is 22.1 Å². The summed E-state index contributed by atoms with van der Waals surface area (Å²) < 4.78 is 1.33. The minimum absolute atomic E-state index is 0.0680. The van der Waals surface area contributed by atoms with Crippen molar-refractivity contribution in [2.75, 3.05) is 6.54 Å². The number of benzene rings is 1. The molecule has 0 atom stereocenters. The van der Waals surface area contributed by atoms with Crippen molar-refractivity contribution in [3.63, 3.8) is 0 Å². The van der Waals surface area contributed by atoms with Crippen LogP contribution >= 0.6 is 11.3 Å². The predicted octanol–water partition coefficient (Wildman–Crippen LogP) is 2.76. The number of nitrogens with one attached hydrogen (secondary N) is 1. The summed E-state index contributed by atoms with van der Waals surface area (Å²) in [7, 11) is 0.